The van der Waals surface area contributed by atoms with Crippen LogP contribution in [-0.4, -0.2) is 41.2 Å². The van der Waals surface area contributed by atoms with Crippen LogP contribution in [0.3, 0.4) is 0 Å². The third kappa shape index (κ3) is 3.64. The van der Waals surface area contributed by atoms with Crippen molar-refractivity contribution in [2.24, 2.45) is 11.8 Å². The van der Waals surface area contributed by atoms with Gasteiger partial charge in [-0.3, -0.25) is 19.3 Å². The molecular weight excluding hydrogens is 480 g/mol. The van der Waals surface area contributed by atoms with Crippen molar-refractivity contribution in [1.29, 1.82) is 0 Å². The van der Waals surface area contributed by atoms with Gasteiger partial charge >= 0.3 is 5.97 Å². The normalized spacial score (nSPS) is 23.4. The van der Waals surface area contributed by atoms with Crippen molar-refractivity contribution in [3.05, 3.63) is 101 Å². The van der Waals surface area contributed by atoms with E-state index < -0.39 is 36.4 Å². The predicted octanol–water partition coefficient (Wildman–Crippen LogP) is 4.01. The minimum atomic E-state index is -1.14. The number of carbonyl (C=O) groups is 4. The number of rotatable bonds is 6. The molecule has 1 saturated heterocycles. The molecule has 0 radical (unpaired) electrons. The second-order valence-corrected chi connectivity index (χ2v) is 10.2. The van der Waals surface area contributed by atoms with E-state index in [0.717, 1.165) is 39.1 Å². The first-order valence-electron chi connectivity index (χ1n) is 13.0. The Bertz CT molecular complexity index is 1350. The standard InChI is InChI=1S/C31H28N2O5/c1-3-18-12-14-19(15-13-18)32-24(34)16-38-31(37)17(2)33-29(35)27-25-20-8-4-5-9-21(20)26(28(27)30(33)36)23-11-7-6-10-22(23)25/h4-15,17,25-28H,3,16H2,1-2H3,(H,32,34)/t17-,25?,26?,27-,28+/m1/s1. The lowest BCUT2D eigenvalue weighted by Gasteiger charge is -2.45. The number of nitrogens with one attached hydrogen (secondary N) is 1. The highest BCUT2D eigenvalue weighted by Gasteiger charge is 2.62. The highest BCUT2D eigenvalue weighted by molar-refractivity contribution is 6.10. The van der Waals surface area contributed by atoms with E-state index in [1.54, 1.807) is 12.1 Å². The van der Waals surface area contributed by atoms with E-state index in [2.05, 4.69) is 5.32 Å². The smallest absolute Gasteiger partial charge is 0.329 e. The van der Waals surface area contributed by atoms with Gasteiger partial charge in [-0.1, -0.05) is 67.6 Å². The second-order valence-electron chi connectivity index (χ2n) is 10.2. The van der Waals surface area contributed by atoms with E-state index in [1.807, 2.05) is 67.6 Å². The third-order valence-corrected chi connectivity index (χ3v) is 8.20. The maximum Gasteiger partial charge on any atom is 0.329 e. The predicted molar refractivity (Wildman–Crippen MR) is 140 cm³/mol. The van der Waals surface area contributed by atoms with Gasteiger partial charge in [-0.25, -0.2) is 4.79 Å². The van der Waals surface area contributed by atoms with Gasteiger partial charge in [-0.05, 0) is 53.3 Å². The van der Waals surface area contributed by atoms with Gasteiger partial charge in [0, 0.05) is 17.5 Å². The molecule has 3 aliphatic carbocycles. The highest BCUT2D eigenvalue weighted by Crippen LogP contribution is 2.61. The van der Waals surface area contributed by atoms with Crippen LogP contribution in [0.5, 0.6) is 0 Å². The lowest BCUT2D eigenvalue weighted by atomic mass is 9.55. The quantitative estimate of drug-likeness (QED) is 0.401. The number of amides is 3. The highest BCUT2D eigenvalue weighted by atomic mass is 16.5. The number of esters is 1. The minimum Gasteiger partial charge on any atom is -0.454 e. The number of hydrogen-bond acceptors (Lipinski definition) is 5. The molecule has 1 aliphatic heterocycles. The third-order valence-electron chi connectivity index (χ3n) is 8.20. The molecule has 0 unspecified atom stereocenters. The molecule has 3 amide bonds. The Balaban J connectivity index is 1.19. The maximum absolute atomic E-state index is 13.8. The van der Waals surface area contributed by atoms with E-state index in [0.29, 0.717) is 5.69 Å². The number of benzene rings is 3. The topological polar surface area (TPSA) is 92.8 Å². The van der Waals surface area contributed by atoms with Crippen LogP contribution in [0.1, 0.15) is 53.5 Å². The van der Waals surface area contributed by atoms with E-state index in [4.69, 9.17) is 4.74 Å². The zero-order valence-electron chi connectivity index (χ0n) is 21.2. The molecule has 4 aliphatic rings. The average molecular weight is 509 g/mol. The van der Waals surface area contributed by atoms with Crippen LogP contribution in [0.25, 0.3) is 0 Å². The fraction of sp³-hybridized carbons (Fsp3) is 0.290. The molecule has 2 bridgehead atoms. The second kappa shape index (κ2) is 9.24. The van der Waals surface area contributed by atoms with Crippen LogP contribution in [0.2, 0.25) is 0 Å². The minimum absolute atomic E-state index is 0.244. The Morgan fingerprint density at radius 3 is 1.74 bits per heavy atom. The van der Waals surface area contributed by atoms with Crippen molar-refractivity contribution < 1.29 is 23.9 Å². The Kier molecular flexibility index (Phi) is 5.86. The van der Waals surface area contributed by atoms with Crippen molar-refractivity contribution in [3.8, 4) is 0 Å². The number of ether oxygens (including phenoxy) is 1. The summed E-state index contributed by atoms with van der Waals surface area (Å²) < 4.78 is 5.24. The summed E-state index contributed by atoms with van der Waals surface area (Å²) in [6.07, 6.45) is 0.888. The molecule has 3 atom stereocenters. The van der Waals surface area contributed by atoms with E-state index >= 15 is 0 Å². The van der Waals surface area contributed by atoms with Gasteiger partial charge in [-0.15, -0.1) is 0 Å². The van der Waals surface area contributed by atoms with Crippen molar-refractivity contribution in [3.63, 3.8) is 0 Å². The van der Waals surface area contributed by atoms with Gasteiger partial charge < -0.3 is 10.1 Å². The molecule has 0 spiro atoms. The van der Waals surface area contributed by atoms with E-state index in [9.17, 15) is 19.2 Å². The van der Waals surface area contributed by atoms with Crippen LogP contribution in [0, 0.1) is 11.8 Å². The van der Waals surface area contributed by atoms with E-state index in [-0.39, 0.29) is 23.7 Å². The molecule has 192 valence electrons. The van der Waals surface area contributed by atoms with Crippen LogP contribution >= 0.6 is 0 Å². The molecule has 1 fully saturated rings. The SMILES string of the molecule is CCc1ccc(NC(=O)COC(=O)[C@@H](C)N2C(=O)[C@@H]3C4c5ccccc5C(c5ccccc54)[C@@H]3C2=O)cc1. The first-order chi connectivity index (χ1) is 18.4. The van der Waals surface area contributed by atoms with Crippen LogP contribution in [-0.2, 0) is 30.3 Å². The monoisotopic (exact) mass is 508 g/mol. The van der Waals surface area contributed by atoms with Crippen molar-refractivity contribution in [2.45, 2.75) is 38.1 Å². The molecule has 7 heteroatoms. The maximum atomic E-state index is 13.8. The number of hydrogen-bond donors (Lipinski definition) is 1. The van der Waals surface area contributed by atoms with Crippen molar-refractivity contribution >= 4 is 29.4 Å². The molecule has 7 nitrogen and oxygen atoms in total. The summed E-state index contributed by atoms with van der Waals surface area (Å²) in [6.45, 7) is 3.02. The summed E-state index contributed by atoms with van der Waals surface area (Å²) in [5, 5.41) is 2.69. The molecule has 3 aromatic carbocycles. The van der Waals surface area contributed by atoms with Gasteiger partial charge in [0.15, 0.2) is 6.61 Å². The van der Waals surface area contributed by atoms with Gasteiger partial charge in [-0.2, -0.15) is 0 Å². The molecule has 0 aromatic heterocycles. The fourth-order valence-electron chi connectivity index (χ4n) is 6.47. The van der Waals surface area contributed by atoms with Crippen LogP contribution < -0.4 is 5.32 Å². The Morgan fingerprint density at radius 2 is 1.29 bits per heavy atom. The van der Waals surface area contributed by atoms with Gasteiger partial charge in [0.1, 0.15) is 6.04 Å². The molecule has 1 heterocycles. The Morgan fingerprint density at radius 1 is 0.816 bits per heavy atom. The molecular formula is C31H28N2O5. The molecule has 3 aromatic rings. The van der Waals surface area contributed by atoms with Crippen LogP contribution in [0.15, 0.2) is 72.8 Å². The summed E-state index contributed by atoms with van der Waals surface area (Å²) in [7, 11) is 0. The summed E-state index contributed by atoms with van der Waals surface area (Å²) in [6, 6.07) is 22.2. The summed E-state index contributed by atoms with van der Waals surface area (Å²) in [5.74, 6) is -3.62. The lowest BCUT2D eigenvalue weighted by molar-refractivity contribution is -0.159. The van der Waals surface area contributed by atoms with Gasteiger partial charge in [0.05, 0.1) is 11.8 Å². The number of carbonyl (C=O) groups excluding carboxylic acids is 4. The number of nitrogens with zero attached hydrogens (tertiary/aromatic N) is 1. The first kappa shape index (κ1) is 24.1. The van der Waals surface area contributed by atoms with E-state index in [1.165, 1.54) is 6.92 Å². The molecule has 0 saturated carbocycles. The van der Waals surface area contributed by atoms with Crippen molar-refractivity contribution in [2.75, 3.05) is 11.9 Å². The van der Waals surface area contributed by atoms with Crippen molar-refractivity contribution in [1.82, 2.24) is 4.90 Å². The summed E-state index contributed by atoms with van der Waals surface area (Å²) in [4.78, 5) is 53.9. The van der Waals surface area contributed by atoms with Crippen LogP contribution in [0.4, 0.5) is 5.69 Å². The number of aryl methyl sites for hydroxylation is 1. The van der Waals surface area contributed by atoms with Gasteiger partial charge in [0.2, 0.25) is 11.8 Å². The first-order valence-corrected chi connectivity index (χ1v) is 13.0. The molecule has 38 heavy (non-hydrogen) atoms. The Hall–Kier alpha value is -4.26. The molecule has 1 N–H and O–H groups in total. The fourth-order valence-corrected chi connectivity index (χ4v) is 6.47. The Labute approximate surface area is 220 Å². The number of imide groups is 1. The lowest BCUT2D eigenvalue weighted by Crippen LogP contribution is -2.45. The summed E-state index contributed by atoms with van der Waals surface area (Å²) in [5.41, 5.74) is 6.01. The zero-order valence-corrected chi connectivity index (χ0v) is 21.2. The number of anilines is 1. The zero-order chi connectivity index (χ0) is 26.6. The largest absolute Gasteiger partial charge is 0.454 e. The molecule has 7 rings (SSSR count). The number of likely N-dealkylation sites (tertiary alicyclic amines) is 1. The average Bonchev–Trinajstić information content (AvgIpc) is 3.21. The van der Waals surface area contributed by atoms with Gasteiger partial charge in [0.25, 0.3) is 5.91 Å². The summed E-state index contributed by atoms with van der Waals surface area (Å²) >= 11 is 0.